The maximum Gasteiger partial charge on any atom is 0.378 e. The molecule has 0 saturated carbocycles. The Kier molecular flexibility index (Phi) is 5.12. The van der Waals surface area contributed by atoms with Crippen molar-refractivity contribution in [3.63, 3.8) is 0 Å². The zero-order chi connectivity index (χ0) is 11.8. The maximum atomic E-state index is 10.7. The van der Waals surface area contributed by atoms with Crippen molar-refractivity contribution in [1.29, 1.82) is 0 Å². The van der Waals surface area contributed by atoms with Crippen molar-refractivity contribution in [2.75, 3.05) is 0 Å². The van der Waals surface area contributed by atoms with E-state index in [9.17, 15) is 4.79 Å². The predicted octanol–water partition coefficient (Wildman–Crippen LogP) is 3.05. The van der Waals surface area contributed by atoms with Crippen LogP contribution in [0.1, 0.15) is 25.3 Å². The summed E-state index contributed by atoms with van der Waals surface area (Å²) in [5, 5.41) is 0. The molecule has 0 bridgehead atoms. The van der Waals surface area contributed by atoms with E-state index in [1.807, 2.05) is 12.1 Å². The first-order chi connectivity index (χ1) is 7.76. The molecule has 1 rings (SSSR count). The molecule has 16 heavy (non-hydrogen) atoms. The highest BCUT2D eigenvalue weighted by molar-refractivity contribution is 5.80. The zero-order valence-corrected chi connectivity index (χ0v) is 9.44. The van der Waals surface area contributed by atoms with Crippen LogP contribution in [0, 0.1) is 0 Å². The van der Waals surface area contributed by atoms with Crippen LogP contribution in [0.5, 0.6) is 5.75 Å². The van der Waals surface area contributed by atoms with E-state index in [-0.39, 0.29) is 0 Å². The van der Waals surface area contributed by atoms with E-state index in [2.05, 4.69) is 18.4 Å². The predicted molar refractivity (Wildman–Crippen MR) is 62.0 cm³/mol. The number of hydrogen-bond acceptors (Lipinski definition) is 3. The highest BCUT2D eigenvalue weighted by atomic mass is 17.2. The second kappa shape index (κ2) is 6.67. The number of carbonyl (C=O) groups excluding carboxylic acids is 1. The molecule has 0 atom stereocenters. The lowest BCUT2D eigenvalue weighted by Crippen LogP contribution is -2.03. The van der Waals surface area contributed by atoms with Crippen LogP contribution in [-0.2, 0) is 16.1 Å². The topological polar surface area (TPSA) is 35.5 Å². The first-order valence-electron chi connectivity index (χ1n) is 5.36. The molecule has 0 aliphatic rings. The monoisotopic (exact) mass is 220 g/mol. The molecule has 0 N–H and O–H groups in total. The smallest absolute Gasteiger partial charge is 0.287 e. The minimum absolute atomic E-state index is 0.510. The van der Waals surface area contributed by atoms with Crippen molar-refractivity contribution in [2.24, 2.45) is 0 Å². The molecule has 3 nitrogen and oxygen atoms in total. The Morgan fingerprint density at radius 3 is 2.62 bits per heavy atom. The summed E-state index contributed by atoms with van der Waals surface area (Å²) in [6.45, 7) is 5.43. The number of rotatable bonds is 6. The molecule has 86 valence electrons. The normalized spacial score (nSPS) is 9.56. The van der Waals surface area contributed by atoms with Crippen molar-refractivity contribution in [2.45, 2.75) is 26.2 Å². The van der Waals surface area contributed by atoms with Gasteiger partial charge in [-0.3, -0.25) is 4.89 Å². The molecule has 0 unspecified atom stereocenters. The van der Waals surface area contributed by atoms with E-state index in [0.29, 0.717) is 5.75 Å². The minimum atomic E-state index is -0.602. The first-order valence-corrected chi connectivity index (χ1v) is 5.36. The third-order valence-corrected chi connectivity index (χ3v) is 2.13. The summed E-state index contributed by atoms with van der Waals surface area (Å²) in [6.07, 6.45) is 4.46. The van der Waals surface area contributed by atoms with Gasteiger partial charge in [0.05, 0.1) is 0 Å². The van der Waals surface area contributed by atoms with Crippen LogP contribution in [0.3, 0.4) is 0 Å². The third kappa shape index (κ3) is 4.17. The molecular weight excluding hydrogens is 204 g/mol. The Bertz CT molecular complexity index is 341. The van der Waals surface area contributed by atoms with Gasteiger partial charge in [0.2, 0.25) is 0 Å². The van der Waals surface area contributed by atoms with Gasteiger partial charge in [0, 0.05) is 6.08 Å². The molecule has 1 aromatic rings. The van der Waals surface area contributed by atoms with Crippen LogP contribution < -0.4 is 4.89 Å². The Hall–Kier alpha value is -1.77. The summed E-state index contributed by atoms with van der Waals surface area (Å²) in [5.41, 5.74) is 1.25. The van der Waals surface area contributed by atoms with Crippen LogP contribution in [0.25, 0.3) is 0 Å². The fourth-order valence-corrected chi connectivity index (χ4v) is 1.22. The van der Waals surface area contributed by atoms with Gasteiger partial charge < -0.3 is 0 Å². The van der Waals surface area contributed by atoms with Crippen molar-refractivity contribution in [1.82, 2.24) is 0 Å². The van der Waals surface area contributed by atoms with E-state index in [1.165, 1.54) is 18.4 Å². The summed E-state index contributed by atoms with van der Waals surface area (Å²) < 4.78 is 0. The largest absolute Gasteiger partial charge is 0.378 e. The highest BCUT2D eigenvalue weighted by Gasteiger charge is 1.99. The van der Waals surface area contributed by atoms with Gasteiger partial charge in [-0.1, -0.05) is 32.1 Å². The van der Waals surface area contributed by atoms with Crippen LogP contribution in [0.2, 0.25) is 0 Å². The zero-order valence-electron chi connectivity index (χ0n) is 9.44. The summed E-state index contributed by atoms with van der Waals surface area (Å²) in [7, 11) is 0. The van der Waals surface area contributed by atoms with Gasteiger partial charge in [-0.05, 0) is 30.5 Å². The molecule has 0 aromatic heterocycles. The fraction of sp³-hybridized carbons (Fsp3) is 0.308. The number of aryl methyl sites for hydroxylation is 1. The van der Waals surface area contributed by atoms with Crippen molar-refractivity contribution < 1.29 is 14.6 Å². The average molecular weight is 220 g/mol. The van der Waals surface area contributed by atoms with Gasteiger partial charge >= 0.3 is 5.97 Å². The van der Waals surface area contributed by atoms with E-state index in [4.69, 9.17) is 4.89 Å². The summed E-state index contributed by atoms with van der Waals surface area (Å²) in [4.78, 5) is 20.0. The average Bonchev–Trinajstić information content (AvgIpc) is 2.34. The van der Waals surface area contributed by atoms with Gasteiger partial charge in [-0.15, -0.1) is 0 Å². The van der Waals surface area contributed by atoms with Crippen LogP contribution in [0.4, 0.5) is 0 Å². The molecular formula is C13H16O3. The molecule has 0 spiro atoms. The molecule has 0 saturated heterocycles. The van der Waals surface area contributed by atoms with Gasteiger partial charge in [0.15, 0.2) is 5.75 Å². The summed E-state index contributed by atoms with van der Waals surface area (Å²) in [6, 6.07) is 7.49. The molecule has 0 aliphatic heterocycles. The lowest BCUT2D eigenvalue weighted by atomic mass is 10.1. The molecule has 0 fully saturated rings. The van der Waals surface area contributed by atoms with Crippen LogP contribution in [0.15, 0.2) is 36.9 Å². The highest BCUT2D eigenvalue weighted by Crippen LogP contribution is 2.14. The lowest BCUT2D eigenvalue weighted by molar-refractivity contribution is -0.207. The van der Waals surface area contributed by atoms with E-state index in [0.717, 1.165) is 12.5 Å². The van der Waals surface area contributed by atoms with Crippen LogP contribution in [-0.4, -0.2) is 5.97 Å². The quantitative estimate of drug-likeness (QED) is 0.420. The molecule has 0 amide bonds. The third-order valence-electron chi connectivity index (χ3n) is 2.13. The summed E-state index contributed by atoms with van der Waals surface area (Å²) >= 11 is 0. The minimum Gasteiger partial charge on any atom is -0.287 e. The fourth-order valence-electron chi connectivity index (χ4n) is 1.22. The standard InChI is InChI=1S/C13H16O3/c1-3-5-6-11-7-9-12(10-8-11)15-16-13(14)4-2/h4,7-10H,2-3,5-6H2,1H3. The number of benzene rings is 1. The SMILES string of the molecule is C=CC(=O)OOc1ccc(CCCC)cc1. The molecule has 1 aromatic carbocycles. The molecule has 0 radical (unpaired) electrons. The summed E-state index contributed by atoms with van der Waals surface area (Å²) in [5.74, 6) is -0.0921. The second-order valence-corrected chi connectivity index (χ2v) is 3.44. The Labute approximate surface area is 95.6 Å². The van der Waals surface area contributed by atoms with Gasteiger partial charge in [0.1, 0.15) is 0 Å². The molecule has 0 aliphatic carbocycles. The van der Waals surface area contributed by atoms with Gasteiger partial charge in [0.25, 0.3) is 0 Å². The maximum absolute atomic E-state index is 10.7. The second-order valence-electron chi connectivity index (χ2n) is 3.44. The Morgan fingerprint density at radius 1 is 1.38 bits per heavy atom. The number of carbonyl (C=O) groups is 1. The van der Waals surface area contributed by atoms with E-state index < -0.39 is 5.97 Å². The van der Waals surface area contributed by atoms with Crippen molar-refractivity contribution in [3.8, 4) is 5.75 Å². The van der Waals surface area contributed by atoms with E-state index >= 15 is 0 Å². The Balaban J connectivity index is 2.44. The van der Waals surface area contributed by atoms with Gasteiger partial charge in [-0.25, -0.2) is 9.68 Å². The first kappa shape index (κ1) is 12.3. The van der Waals surface area contributed by atoms with Gasteiger partial charge in [-0.2, -0.15) is 0 Å². The van der Waals surface area contributed by atoms with Crippen molar-refractivity contribution in [3.05, 3.63) is 42.5 Å². The Morgan fingerprint density at radius 2 is 2.06 bits per heavy atom. The number of unbranched alkanes of at least 4 members (excludes halogenated alkanes) is 1. The molecule has 3 heteroatoms. The van der Waals surface area contributed by atoms with Crippen LogP contribution >= 0.6 is 0 Å². The molecule has 0 heterocycles. The van der Waals surface area contributed by atoms with E-state index in [1.54, 1.807) is 12.1 Å². The van der Waals surface area contributed by atoms with Crippen molar-refractivity contribution >= 4 is 5.97 Å². The number of hydrogen-bond donors (Lipinski definition) is 0. The lowest BCUT2D eigenvalue weighted by Gasteiger charge is -2.03.